The summed E-state index contributed by atoms with van der Waals surface area (Å²) in [5.74, 6) is 1.68. The first-order chi connectivity index (χ1) is 13.4. The third-order valence-corrected chi connectivity index (χ3v) is 6.43. The topological polar surface area (TPSA) is 69.2 Å². The molecule has 3 fully saturated rings. The average Bonchev–Trinajstić information content (AvgIpc) is 2.97. The molecule has 2 aromatic heterocycles. The van der Waals surface area contributed by atoms with Gasteiger partial charge in [0.25, 0.3) is 6.43 Å². The molecule has 2 N–H and O–H groups in total. The van der Waals surface area contributed by atoms with Crippen molar-refractivity contribution in [2.75, 3.05) is 32.0 Å². The van der Waals surface area contributed by atoms with E-state index in [4.69, 9.17) is 15.6 Å². The van der Waals surface area contributed by atoms with Gasteiger partial charge in [-0.3, -0.25) is 9.58 Å². The molecule has 1 saturated carbocycles. The number of likely N-dealkylation sites (tertiary alicyclic amines) is 1. The fraction of sp³-hybridized carbons (Fsp3) is 0.600. The molecule has 3 atom stereocenters. The molecule has 2 saturated heterocycles. The molecule has 0 unspecified atom stereocenters. The first kappa shape index (κ1) is 18.0. The van der Waals surface area contributed by atoms with Gasteiger partial charge in [-0.2, -0.15) is 5.10 Å². The standard InChI is InChI=1S/C20H25F2N5O/c1-10(2)27-17(18-14-6-26(7-15(14)18)12-8-28-9-12)4-16(25-27)11-3-13(19(21)22)20(23)24-5-11/h3-5,10,12,14-15,18-19H,6-9H2,1-2H3,(H2,23,24)/t14-,15+,18-. The average molecular weight is 389 g/mol. The Balaban J connectivity index is 1.42. The summed E-state index contributed by atoms with van der Waals surface area (Å²) in [6.07, 6.45) is -1.12. The van der Waals surface area contributed by atoms with Gasteiger partial charge in [0, 0.05) is 42.5 Å². The van der Waals surface area contributed by atoms with Crippen molar-refractivity contribution >= 4 is 5.82 Å². The van der Waals surface area contributed by atoms with E-state index in [9.17, 15) is 8.78 Å². The van der Waals surface area contributed by atoms with E-state index >= 15 is 0 Å². The predicted octanol–water partition coefficient (Wildman–Crippen LogP) is 3.09. The molecular formula is C20H25F2N5O. The molecule has 1 aliphatic carbocycles. The lowest BCUT2D eigenvalue weighted by atomic mass is 10.1. The number of pyridine rings is 1. The zero-order chi connectivity index (χ0) is 19.6. The van der Waals surface area contributed by atoms with Gasteiger partial charge >= 0.3 is 0 Å². The number of nitrogens with two attached hydrogens (primary N) is 1. The quantitative estimate of drug-likeness (QED) is 0.851. The third-order valence-electron chi connectivity index (χ3n) is 6.43. The Morgan fingerprint density at radius 1 is 1.18 bits per heavy atom. The van der Waals surface area contributed by atoms with Crippen LogP contribution in [0.1, 0.15) is 43.5 Å². The van der Waals surface area contributed by atoms with Gasteiger partial charge in [-0.05, 0) is 37.8 Å². The Hall–Kier alpha value is -2.06. The summed E-state index contributed by atoms with van der Waals surface area (Å²) in [4.78, 5) is 6.50. The van der Waals surface area contributed by atoms with E-state index < -0.39 is 6.43 Å². The van der Waals surface area contributed by atoms with Crippen molar-refractivity contribution in [3.05, 3.63) is 29.6 Å². The van der Waals surface area contributed by atoms with Crippen LogP contribution in [-0.2, 0) is 4.74 Å². The number of nitrogens with zero attached hydrogens (tertiary/aromatic N) is 4. The Labute approximate surface area is 162 Å². The van der Waals surface area contributed by atoms with Crippen molar-refractivity contribution in [2.24, 2.45) is 11.8 Å². The summed E-state index contributed by atoms with van der Waals surface area (Å²) in [5, 5.41) is 4.74. The minimum atomic E-state index is -2.65. The highest BCUT2D eigenvalue weighted by Gasteiger charge is 2.58. The number of hydrogen-bond acceptors (Lipinski definition) is 5. The number of piperidine rings is 1. The number of fused-ring (bicyclic) bond motifs is 1. The van der Waals surface area contributed by atoms with Gasteiger partial charge in [0.15, 0.2) is 0 Å². The smallest absolute Gasteiger partial charge is 0.267 e. The second-order valence-corrected chi connectivity index (χ2v) is 8.49. The molecule has 2 aliphatic heterocycles. The van der Waals surface area contributed by atoms with E-state index in [-0.39, 0.29) is 17.4 Å². The normalized spacial score (nSPS) is 27.4. The van der Waals surface area contributed by atoms with Crippen molar-refractivity contribution in [1.82, 2.24) is 19.7 Å². The van der Waals surface area contributed by atoms with Crippen LogP contribution in [0.25, 0.3) is 11.3 Å². The molecule has 5 rings (SSSR count). The van der Waals surface area contributed by atoms with Crippen LogP contribution >= 0.6 is 0 Å². The number of hydrogen-bond donors (Lipinski definition) is 1. The molecular weight excluding hydrogens is 364 g/mol. The maximum Gasteiger partial charge on any atom is 0.267 e. The highest BCUT2D eigenvalue weighted by atomic mass is 19.3. The molecule has 6 nitrogen and oxygen atoms in total. The summed E-state index contributed by atoms with van der Waals surface area (Å²) >= 11 is 0. The maximum absolute atomic E-state index is 13.2. The van der Waals surface area contributed by atoms with Crippen LogP contribution < -0.4 is 5.73 Å². The molecule has 0 amide bonds. The monoisotopic (exact) mass is 389 g/mol. The van der Waals surface area contributed by atoms with E-state index in [1.165, 1.54) is 18.0 Å². The van der Waals surface area contributed by atoms with Crippen LogP contribution in [0, 0.1) is 11.8 Å². The van der Waals surface area contributed by atoms with Gasteiger partial charge in [0.2, 0.25) is 0 Å². The Morgan fingerprint density at radius 2 is 1.89 bits per heavy atom. The molecule has 0 bridgehead atoms. The first-order valence-corrected chi connectivity index (χ1v) is 9.89. The SMILES string of the molecule is CC(C)n1nc(-c2cnc(N)c(C(F)F)c2)cc1[C@@H]1[C@@H]2CN(C3COC3)C[C@@H]21. The van der Waals surface area contributed by atoms with Gasteiger partial charge in [-0.25, -0.2) is 13.8 Å². The second-order valence-electron chi connectivity index (χ2n) is 8.49. The molecule has 0 radical (unpaired) electrons. The van der Waals surface area contributed by atoms with Crippen molar-refractivity contribution in [2.45, 2.75) is 38.3 Å². The summed E-state index contributed by atoms with van der Waals surface area (Å²) in [7, 11) is 0. The van der Waals surface area contributed by atoms with Crippen LogP contribution in [-0.4, -0.2) is 52.0 Å². The third kappa shape index (κ3) is 2.81. The minimum absolute atomic E-state index is 0.126. The number of alkyl halides is 2. The summed E-state index contributed by atoms with van der Waals surface area (Å²) in [6.45, 7) is 8.13. The van der Waals surface area contributed by atoms with Crippen molar-refractivity contribution in [3.63, 3.8) is 0 Å². The zero-order valence-electron chi connectivity index (χ0n) is 16.1. The Morgan fingerprint density at radius 3 is 2.46 bits per heavy atom. The minimum Gasteiger partial charge on any atom is -0.383 e. The number of aromatic nitrogens is 3. The summed E-state index contributed by atoms with van der Waals surface area (Å²) < 4.78 is 33.8. The van der Waals surface area contributed by atoms with Crippen molar-refractivity contribution < 1.29 is 13.5 Å². The largest absolute Gasteiger partial charge is 0.383 e. The van der Waals surface area contributed by atoms with E-state index in [1.54, 1.807) is 0 Å². The van der Waals surface area contributed by atoms with E-state index in [0.29, 0.717) is 35.1 Å². The molecule has 2 aromatic rings. The first-order valence-electron chi connectivity index (χ1n) is 9.89. The predicted molar refractivity (Wildman–Crippen MR) is 101 cm³/mol. The number of rotatable bonds is 5. The number of halogens is 2. The molecule has 8 heteroatoms. The molecule has 28 heavy (non-hydrogen) atoms. The van der Waals surface area contributed by atoms with Crippen LogP contribution in [0.4, 0.5) is 14.6 Å². The summed E-state index contributed by atoms with van der Waals surface area (Å²) in [6, 6.07) is 4.27. The summed E-state index contributed by atoms with van der Waals surface area (Å²) in [5.41, 5.74) is 7.84. The highest BCUT2D eigenvalue weighted by Crippen LogP contribution is 2.59. The lowest BCUT2D eigenvalue weighted by Crippen LogP contribution is -2.48. The number of anilines is 1. The number of nitrogen functional groups attached to an aromatic ring is 1. The van der Waals surface area contributed by atoms with Crippen molar-refractivity contribution in [3.8, 4) is 11.3 Å². The van der Waals surface area contributed by atoms with Crippen LogP contribution in [0.2, 0.25) is 0 Å². The highest BCUT2D eigenvalue weighted by molar-refractivity contribution is 5.62. The van der Waals surface area contributed by atoms with Gasteiger partial charge in [0.1, 0.15) is 5.82 Å². The van der Waals surface area contributed by atoms with Gasteiger partial charge in [0.05, 0.1) is 30.5 Å². The maximum atomic E-state index is 13.2. The van der Waals surface area contributed by atoms with E-state index in [1.807, 2.05) is 4.68 Å². The Kier molecular flexibility index (Phi) is 4.17. The molecule has 0 aromatic carbocycles. The molecule has 150 valence electrons. The molecule has 4 heterocycles. The van der Waals surface area contributed by atoms with Gasteiger partial charge < -0.3 is 10.5 Å². The Bertz CT molecular complexity index is 883. The molecule has 0 spiro atoms. The van der Waals surface area contributed by atoms with Crippen LogP contribution in [0.3, 0.4) is 0 Å². The fourth-order valence-electron chi connectivity index (χ4n) is 4.75. The molecule has 3 aliphatic rings. The van der Waals surface area contributed by atoms with E-state index in [2.05, 4.69) is 29.8 Å². The van der Waals surface area contributed by atoms with Gasteiger partial charge in [-0.15, -0.1) is 0 Å². The lowest BCUT2D eigenvalue weighted by Gasteiger charge is -2.35. The zero-order valence-corrected chi connectivity index (χ0v) is 16.1. The second kappa shape index (κ2) is 6.49. The number of ether oxygens (including phenoxy) is 1. The van der Waals surface area contributed by atoms with Gasteiger partial charge in [-0.1, -0.05) is 0 Å². The van der Waals surface area contributed by atoms with Crippen molar-refractivity contribution in [1.29, 1.82) is 0 Å². The van der Waals surface area contributed by atoms with Crippen LogP contribution in [0.5, 0.6) is 0 Å². The lowest BCUT2D eigenvalue weighted by molar-refractivity contribution is -0.0610. The fourth-order valence-corrected chi connectivity index (χ4v) is 4.75. The van der Waals surface area contributed by atoms with Crippen LogP contribution in [0.15, 0.2) is 18.3 Å². The van der Waals surface area contributed by atoms with E-state index in [0.717, 1.165) is 26.3 Å².